The third kappa shape index (κ3) is 2.96. The van der Waals surface area contributed by atoms with Gasteiger partial charge in [-0.3, -0.25) is 9.78 Å². The van der Waals surface area contributed by atoms with Crippen molar-refractivity contribution in [2.75, 3.05) is 0 Å². The Hall–Kier alpha value is -1.54. The van der Waals surface area contributed by atoms with Gasteiger partial charge in [0.05, 0.1) is 6.20 Å². The van der Waals surface area contributed by atoms with E-state index in [2.05, 4.69) is 9.71 Å². The lowest BCUT2D eigenvalue weighted by molar-refractivity contribution is -0.145. The average molecular weight is 302 g/mol. The molecule has 0 amide bonds. The first-order chi connectivity index (χ1) is 9.36. The molecule has 8 heteroatoms. The summed E-state index contributed by atoms with van der Waals surface area (Å²) in [5, 5.41) is 9.34. The van der Waals surface area contributed by atoms with E-state index >= 15 is 0 Å². The Balaban J connectivity index is 2.32. The highest BCUT2D eigenvalue weighted by Gasteiger charge is 2.43. The zero-order valence-corrected chi connectivity index (χ0v) is 11.5. The summed E-state index contributed by atoms with van der Waals surface area (Å²) in [7, 11) is -4.12. The van der Waals surface area contributed by atoms with Crippen molar-refractivity contribution in [3.63, 3.8) is 0 Å². The summed E-state index contributed by atoms with van der Waals surface area (Å²) in [4.78, 5) is 14.5. The van der Waals surface area contributed by atoms with Gasteiger partial charge in [-0.25, -0.2) is 12.8 Å². The summed E-state index contributed by atoms with van der Waals surface area (Å²) in [5.74, 6) is -1.99. The van der Waals surface area contributed by atoms with Crippen molar-refractivity contribution in [1.82, 2.24) is 9.71 Å². The first-order valence-corrected chi connectivity index (χ1v) is 7.72. The minimum Gasteiger partial charge on any atom is -0.480 e. The summed E-state index contributed by atoms with van der Waals surface area (Å²) < 4.78 is 39.6. The molecule has 1 aromatic rings. The van der Waals surface area contributed by atoms with Crippen molar-refractivity contribution in [3.05, 3.63) is 24.3 Å². The van der Waals surface area contributed by atoms with Crippen LogP contribution in [-0.2, 0) is 14.8 Å². The number of rotatable bonds is 4. The molecule has 0 bridgehead atoms. The molecule has 1 aliphatic rings. The predicted molar refractivity (Wildman–Crippen MR) is 68.0 cm³/mol. The second kappa shape index (κ2) is 5.45. The second-order valence-electron chi connectivity index (χ2n) is 4.89. The van der Waals surface area contributed by atoms with Crippen molar-refractivity contribution < 1.29 is 22.7 Å². The van der Waals surface area contributed by atoms with Crippen LogP contribution in [0, 0.1) is 5.82 Å². The summed E-state index contributed by atoms with van der Waals surface area (Å²) in [5.41, 5.74) is -1.51. The van der Waals surface area contributed by atoms with Gasteiger partial charge in [-0.1, -0.05) is 19.3 Å². The SMILES string of the molecule is O=C(O)C1(NS(=O)(=O)c2cncc(F)c2)CCCCC1. The zero-order chi connectivity index (χ0) is 14.8. The van der Waals surface area contributed by atoms with Crippen molar-refractivity contribution in [2.45, 2.75) is 42.5 Å². The van der Waals surface area contributed by atoms with E-state index < -0.39 is 27.3 Å². The maximum atomic E-state index is 13.1. The van der Waals surface area contributed by atoms with Crippen molar-refractivity contribution in [2.24, 2.45) is 0 Å². The third-order valence-corrected chi connectivity index (χ3v) is 4.94. The van der Waals surface area contributed by atoms with E-state index in [0.29, 0.717) is 12.8 Å². The number of sulfonamides is 1. The minimum absolute atomic E-state index is 0.226. The van der Waals surface area contributed by atoms with E-state index in [-0.39, 0.29) is 17.7 Å². The fourth-order valence-corrected chi connectivity index (χ4v) is 3.76. The molecule has 0 radical (unpaired) electrons. The van der Waals surface area contributed by atoms with Gasteiger partial charge in [-0.05, 0) is 18.9 Å². The molecule has 0 unspecified atom stereocenters. The van der Waals surface area contributed by atoms with Crippen LogP contribution in [0.15, 0.2) is 23.4 Å². The van der Waals surface area contributed by atoms with E-state index in [9.17, 15) is 22.7 Å². The number of pyridine rings is 1. The van der Waals surface area contributed by atoms with E-state index in [1.807, 2.05) is 0 Å². The van der Waals surface area contributed by atoms with Gasteiger partial charge in [0.1, 0.15) is 16.3 Å². The lowest BCUT2D eigenvalue weighted by atomic mass is 9.83. The number of hydrogen-bond donors (Lipinski definition) is 2. The Labute approximate surface area is 116 Å². The quantitative estimate of drug-likeness (QED) is 0.873. The number of carbonyl (C=O) groups is 1. The maximum absolute atomic E-state index is 13.1. The molecule has 0 atom stereocenters. The van der Waals surface area contributed by atoms with Crippen LogP contribution in [0.5, 0.6) is 0 Å². The topological polar surface area (TPSA) is 96.4 Å². The summed E-state index contributed by atoms with van der Waals surface area (Å²) in [6.07, 6.45) is 4.47. The van der Waals surface area contributed by atoms with Gasteiger partial charge in [0.25, 0.3) is 0 Å². The van der Waals surface area contributed by atoms with Crippen LogP contribution >= 0.6 is 0 Å². The van der Waals surface area contributed by atoms with Gasteiger partial charge in [0, 0.05) is 6.20 Å². The van der Waals surface area contributed by atoms with Gasteiger partial charge < -0.3 is 5.11 Å². The van der Waals surface area contributed by atoms with E-state index in [1.54, 1.807) is 0 Å². The smallest absolute Gasteiger partial charge is 0.324 e. The number of aliphatic carboxylic acids is 1. The first-order valence-electron chi connectivity index (χ1n) is 6.24. The molecule has 0 aromatic carbocycles. The summed E-state index contributed by atoms with van der Waals surface area (Å²) in [6, 6.07) is 0.813. The monoisotopic (exact) mass is 302 g/mol. The van der Waals surface area contributed by atoms with E-state index in [4.69, 9.17) is 0 Å². The summed E-state index contributed by atoms with van der Waals surface area (Å²) in [6.45, 7) is 0. The van der Waals surface area contributed by atoms with Gasteiger partial charge in [-0.15, -0.1) is 0 Å². The number of nitrogens with zero attached hydrogens (tertiary/aromatic N) is 1. The maximum Gasteiger partial charge on any atom is 0.324 e. The number of carboxylic acids is 1. The van der Waals surface area contributed by atoms with Crippen LogP contribution in [-0.4, -0.2) is 30.0 Å². The Morgan fingerprint density at radius 3 is 2.50 bits per heavy atom. The van der Waals surface area contributed by atoms with Crippen LogP contribution in [0.3, 0.4) is 0 Å². The molecule has 0 aliphatic heterocycles. The highest BCUT2D eigenvalue weighted by atomic mass is 32.2. The average Bonchev–Trinajstić information content (AvgIpc) is 2.39. The van der Waals surface area contributed by atoms with E-state index in [0.717, 1.165) is 24.9 Å². The fraction of sp³-hybridized carbons (Fsp3) is 0.500. The Kier molecular flexibility index (Phi) is 4.05. The molecule has 1 fully saturated rings. The number of aromatic nitrogens is 1. The normalized spacial score (nSPS) is 18.6. The first kappa shape index (κ1) is 14.9. The summed E-state index contributed by atoms with van der Waals surface area (Å²) >= 11 is 0. The van der Waals surface area contributed by atoms with Gasteiger partial charge in [0.2, 0.25) is 10.0 Å². The van der Waals surface area contributed by atoms with Crippen molar-refractivity contribution in [3.8, 4) is 0 Å². The van der Waals surface area contributed by atoms with Crippen LogP contribution in [0.1, 0.15) is 32.1 Å². The largest absolute Gasteiger partial charge is 0.480 e. The molecule has 1 heterocycles. The van der Waals surface area contributed by atoms with Gasteiger partial charge in [0.15, 0.2) is 0 Å². The lowest BCUT2D eigenvalue weighted by Gasteiger charge is -2.33. The van der Waals surface area contributed by atoms with Gasteiger partial charge in [-0.2, -0.15) is 4.72 Å². The highest BCUT2D eigenvalue weighted by Crippen LogP contribution is 2.30. The molecule has 6 nitrogen and oxygen atoms in total. The van der Waals surface area contributed by atoms with E-state index in [1.165, 1.54) is 0 Å². The van der Waals surface area contributed by atoms with Crippen LogP contribution in [0.25, 0.3) is 0 Å². The predicted octanol–water partition coefficient (Wildman–Crippen LogP) is 1.29. The second-order valence-corrected chi connectivity index (χ2v) is 6.57. The molecular formula is C12H15FN2O4S. The molecule has 0 saturated heterocycles. The molecule has 0 spiro atoms. The lowest BCUT2D eigenvalue weighted by Crippen LogP contribution is -2.55. The van der Waals surface area contributed by atoms with Crippen LogP contribution in [0.4, 0.5) is 4.39 Å². The van der Waals surface area contributed by atoms with Gasteiger partial charge >= 0.3 is 5.97 Å². The van der Waals surface area contributed by atoms with Crippen LogP contribution in [0.2, 0.25) is 0 Å². The van der Waals surface area contributed by atoms with Crippen molar-refractivity contribution in [1.29, 1.82) is 0 Å². The molecule has 2 rings (SSSR count). The molecule has 2 N–H and O–H groups in total. The molecule has 1 aromatic heterocycles. The number of nitrogens with one attached hydrogen (secondary N) is 1. The third-order valence-electron chi connectivity index (χ3n) is 3.44. The number of hydrogen-bond acceptors (Lipinski definition) is 4. The zero-order valence-electron chi connectivity index (χ0n) is 10.7. The van der Waals surface area contributed by atoms with Crippen molar-refractivity contribution >= 4 is 16.0 Å². The Bertz CT molecular complexity index is 612. The number of halogens is 1. The molecule has 20 heavy (non-hydrogen) atoms. The molecular weight excluding hydrogens is 287 g/mol. The number of carboxylic acid groups (broad SMARTS) is 1. The molecule has 1 aliphatic carbocycles. The fourth-order valence-electron chi connectivity index (χ4n) is 2.37. The molecule has 1 saturated carbocycles. The van der Waals surface area contributed by atoms with Crippen LogP contribution < -0.4 is 4.72 Å². The highest BCUT2D eigenvalue weighted by molar-refractivity contribution is 7.89. The molecule has 110 valence electrons. The minimum atomic E-state index is -4.12. The Morgan fingerprint density at radius 2 is 1.95 bits per heavy atom. The Morgan fingerprint density at radius 1 is 1.30 bits per heavy atom. The standard InChI is InChI=1S/C12H15FN2O4S/c13-9-6-10(8-14-7-9)20(18,19)15-12(11(16)17)4-2-1-3-5-12/h6-8,15H,1-5H2,(H,16,17).